The zero-order chi connectivity index (χ0) is 14.6. The predicted octanol–water partition coefficient (Wildman–Crippen LogP) is -0.270. The van der Waals surface area contributed by atoms with Gasteiger partial charge in [0.2, 0.25) is 0 Å². The molecule has 106 valence electrons. The SMILES string of the molecule is Cn1nnnc1CC(NC(=O)OC(C)(C)C)C(=O)O. The molecule has 9 nitrogen and oxygen atoms in total. The number of nitrogens with one attached hydrogen (secondary N) is 1. The van der Waals surface area contributed by atoms with E-state index in [-0.39, 0.29) is 6.42 Å². The molecule has 1 heterocycles. The molecule has 0 aromatic carbocycles. The van der Waals surface area contributed by atoms with Crippen molar-refractivity contribution in [3.05, 3.63) is 5.82 Å². The molecule has 1 unspecified atom stereocenters. The maximum absolute atomic E-state index is 11.5. The lowest BCUT2D eigenvalue weighted by molar-refractivity contribution is -0.139. The Hall–Kier alpha value is -2.19. The third-order valence-electron chi connectivity index (χ3n) is 2.08. The highest BCUT2D eigenvalue weighted by atomic mass is 16.6. The summed E-state index contributed by atoms with van der Waals surface area (Å²) < 4.78 is 6.34. The number of nitrogens with zero attached hydrogens (tertiary/aromatic N) is 4. The Morgan fingerprint density at radius 3 is 2.53 bits per heavy atom. The van der Waals surface area contributed by atoms with Crippen LogP contribution in [-0.4, -0.2) is 49.0 Å². The minimum Gasteiger partial charge on any atom is -0.480 e. The number of carboxylic acids is 1. The molecule has 0 aliphatic heterocycles. The Bertz CT molecular complexity index is 465. The van der Waals surface area contributed by atoms with E-state index in [0.717, 1.165) is 0 Å². The molecule has 0 bridgehead atoms. The van der Waals surface area contributed by atoms with Crippen molar-refractivity contribution >= 4 is 12.1 Å². The number of amides is 1. The summed E-state index contributed by atoms with van der Waals surface area (Å²) in [5.41, 5.74) is -0.695. The third-order valence-corrected chi connectivity index (χ3v) is 2.08. The fraction of sp³-hybridized carbons (Fsp3) is 0.700. The van der Waals surface area contributed by atoms with Crippen molar-refractivity contribution in [3.8, 4) is 0 Å². The van der Waals surface area contributed by atoms with Gasteiger partial charge in [-0.25, -0.2) is 14.3 Å². The lowest BCUT2D eigenvalue weighted by atomic mass is 10.2. The number of alkyl carbamates (subject to hydrolysis) is 1. The van der Waals surface area contributed by atoms with E-state index in [0.29, 0.717) is 5.82 Å². The van der Waals surface area contributed by atoms with Gasteiger partial charge in [-0.1, -0.05) is 0 Å². The van der Waals surface area contributed by atoms with Gasteiger partial charge >= 0.3 is 12.1 Å². The number of ether oxygens (including phenoxy) is 1. The van der Waals surface area contributed by atoms with E-state index in [1.807, 2.05) is 0 Å². The van der Waals surface area contributed by atoms with Gasteiger partial charge in [0.1, 0.15) is 11.6 Å². The van der Waals surface area contributed by atoms with Crippen molar-refractivity contribution in [2.75, 3.05) is 0 Å². The van der Waals surface area contributed by atoms with Gasteiger partial charge in [-0.3, -0.25) is 0 Å². The predicted molar refractivity (Wildman–Crippen MR) is 63.3 cm³/mol. The average Bonchev–Trinajstić information content (AvgIpc) is 2.60. The highest BCUT2D eigenvalue weighted by Gasteiger charge is 2.25. The summed E-state index contributed by atoms with van der Waals surface area (Å²) in [7, 11) is 1.59. The molecule has 1 amide bonds. The van der Waals surface area contributed by atoms with Gasteiger partial charge < -0.3 is 15.2 Å². The number of aromatic nitrogens is 4. The van der Waals surface area contributed by atoms with E-state index in [9.17, 15) is 9.59 Å². The monoisotopic (exact) mass is 271 g/mol. The number of hydrogen-bond donors (Lipinski definition) is 2. The second-order valence-electron chi connectivity index (χ2n) is 4.96. The van der Waals surface area contributed by atoms with Crippen molar-refractivity contribution in [3.63, 3.8) is 0 Å². The first-order valence-electron chi connectivity index (χ1n) is 5.62. The number of hydrogen-bond acceptors (Lipinski definition) is 6. The van der Waals surface area contributed by atoms with Crippen LogP contribution in [0.1, 0.15) is 26.6 Å². The Kier molecular flexibility index (Phi) is 4.41. The molecule has 0 aliphatic carbocycles. The number of aryl methyl sites for hydroxylation is 1. The molecule has 1 rings (SSSR count). The number of carbonyl (C=O) groups is 2. The minimum atomic E-state index is -1.19. The first-order valence-corrected chi connectivity index (χ1v) is 5.62. The lowest BCUT2D eigenvalue weighted by Crippen LogP contribution is -2.45. The van der Waals surface area contributed by atoms with E-state index >= 15 is 0 Å². The highest BCUT2D eigenvalue weighted by molar-refractivity contribution is 5.80. The van der Waals surface area contributed by atoms with E-state index in [1.165, 1.54) is 4.68 Å². The lowest BCUT2D eigenvalue weighted by Gasteiger charge is -2.21. The van der Waals surface area contributed by atoms with Gasteiger partial charge in [0.15, 0.2) is 5.82 Å². The number of tetrazole rings is 1. The van der Waals surface area contributed by atoms with Crippen LogP contribution in [-0.2, 0) is 23.0 Å². The third kappa shape index (κ3) is 4.90. The maximum Gasteiger partial charge on any atom is 0.408 e. The molecule has 9 heteroatoms. The molecule has 0 saturated heterocycles. The molecular weight excluding hydrogens is 254 g/mol. The standard InChI is InChI=1S/C10H17N5O4/c1-10(2,3)19-9(18)11-6(8(16)17)5-7-12-13-14-15(7)4/h6H,5H2,1-4H3,(H,11,18)(H,16,17). The molecule has 2 N–H and O–H groups in total. The molecule has 1 atom stereocenters. The van der Waals surface area contributed by atoms with E-state index in [2.05, 4.69) is 20.8 Å². The smallest absolute Gasteiger partial charge is 0.408 e. The summed E-state index contributed by atoms with van der Waals surface area (Å²) in [6.45, 7) is 5.07. The molecule has 1 aromatic rings. The first-order chi connectivity index (χ1) is 8.69. The molecule has 0 fully saturated rings. The Morgan fingerprint density at radius 2 is 2.11 bits per heavy atom. The van der Waals surface area contributed by atoms with Gasteiger partial charge in [-0.2, -0.15) is 0 Å². The number of carbonyl (C=O) groups excluding carboxylic acids is 1. The van der Waals surface area contributed by atoms with E-state index < -0.39 is 23.7 Å². The highest BCUT2D eigenvalue weighted by Crippen LogP contribution is 2.07. The zero-order valence-corrected chi connectivity index (χ0v) is 11.2. The van der Waals surface area contributed by atoms with E-state index in [1.54, 1.807) is 27.8 Å². The van der Waals surface area contributed by atoms with Crippen LogP contribution < -0.4 is 5.32 Å². The van der Waals surface area contributed by atoms with Gasteiger partial charge in [-0.15, -0.1) is 5.10 Å². The van der Waals surface area contributed by atoms with Crippen LogP contribution in [0.2, 0.25) is 0 Å². The Labute approximate surface area is 109 Å². The van der Waals surface area contributed by atoms with Gasteiger partial charge in [0.05, 0.1) is 0 Å². The molecule has 1 aromatic heterocycles. The van der Waals surface area contributed by atoms with Crippen LogP contribution >= 0.6 is 0 Å². The topological polar surface area (TPSA) is 119 Å². The van der Waals surface area contributed by atoms with Gasteiger partial charge in [0.25, 0.3) is 0 Å². The van der Waals surface area contributed by atoms with Crippen LogP contribution in [0.5, 0.6) is 0 Å². The van der Waals surface area contributed by atoms with Crippen molar-refractivity contribution in [2.24, 2.45) is 7.05 Å². The summed E-state index contributed by atoms with van der Waals surface area (Å²) in [6, 6.07) is -1.15. The van der Waals surface area contributed by atoms with Crippen LogP contribution in [0.25, 0.3) is 0 Å². The van der Waals surface area contributed by atoms with Gasteiger partial charge in [0, 0.05) is 13.5 Å². The Morgan fingerprint density at radius 1 is 1.47 bits per heavy atom. The Balaban J connectivity index is 2.67. The van der Waals surface area contributed by atoms with E-state index in [4.69, 9.17) is 9.84 Å². The van der Waals surface area contributed by atoms with Crippen molar-refractivity contribution in [1.82, 2.24) is 25.5 Å². The fourth-order valence-electron chi connectivity index (χ4n) is 1.25. The summed E-state index contributed by atoms with van der Waals surface area (Å²) in [4.78, 5) is 22.6. The quantitative estimate of drug-likeness (QED) is 0.773. The van der Waals surface area contributed by atoms with Crippen molar-refractivity contribution in [2.45, 2.75) is 38.8 Å². The molecule has 0 spiro atoms. The van der Waals surface area contributed by atoms with Crippen LogP contribution in [0, 0.1) is 0 Å². The zero-order valence-electron chi connectivity index (χ0n) is 11.2. The van der Waals surface area contributed by atoms with Crippen LogP contribution in [0.15, 0.2) is 0 Å². The molecule has 19 heavy (non-hydrogen) atoms. The summed E-state index contributed by atoms with van der Waals surface area (Å²) in [5.74, 6) is -0.836. The van der Waals surface area contributed by atoms with Crippen LogP contribution in [0.4, 0.5) is 4.79 Å². The molecule has 0 aliphatic rings. The summed E-state index contributed by atoms with van der Waals surface area (Å²) >= 11 is 0. The largest absolute Gasteiger partial charge is 0.480 e. The second kappa shape index (κ2) is 5.63. The summed E-state index contributed by atoms with van der Waals surface area (Å²) in [6.07, 6.45) is -0.826. The number of rotatable bonds is 4. The fourth-order valence-corrected chi connectivity index (χ4v) is 1.25. The van der Waals surface area contributed by atoms with Gasteiger partial charge in [-0.05, 0) is 31.2 Å². The van der Waals surface area contributed by atoms with Crippen molar-refractivity contribution < 1.29 is 19.4 Å². The average molecular weight is 271 g/mol. The first kappa shape index (κ1) is 14.9. The second-order valence-corrected chi connectivity index (χ2v) is 4.96. The summed E-state index contributed by atoms with van der Waals surface area (Å²) in [5, 5.41) is 22.0. The maximum atomic E-state index is 11.5. The molecule has 0 radical (unpaired) electrons. The van der Waals surface area contributed by atoms with Crippen molar-refractivity contribution in [1.29, 1.82) is 0 Å². The number of carboxylic acid groups (broad SMARTS) is 1. The van der Waals surface area contributed by atoms with Crippen LogP contribution in [0.3, 0.4) is 0 Å². The molecule has 0 saturated carbocycles. The number of aliphatic carboxylic acids is 1. The minimum absolute atomic E-state index is 0.0297. The normalized spacial score (nSPS) is 12.8. The molecular formula is C10H17N5O4.